The maximum Gasteiger partial charge on any atom is 0.133 e. The molecule has 1 aliphatic rings. The van der Waals surface area contributed by atoms with Crippen molar-refractivity contribution >= 4 is 11.5 Å². The van der Waals surface area contributed by atoms with Gasteiger partial charge in [0.25, 0.3) is 0 Å². The summed E-state index contributed by atoms with van der Waals surface area (Å²) in [6.45, 7) is 10.9. The molecule has 102 valence electrons. The minimum atomic E-state index is 0.610. The first kappa shape index (κ1) is 13.5. The molecule has 0 spiro atoms. The highest BCUT2D eigenvalue weighted by atomic mass is 15.3. The molecular weight excluding hydrogens is 236 g/mol. The summed E-state index contributed by atoms with van der Waals surface area (Å²) in [6.07, 6.45) is 3.06. The van der Waals surface area contributed by atoms with Gasteiger partial charge in [-0.2, -0.15) is 5.26 Å². The first-order valence-corrected chi connectivity index (χ1v) is 6.81. The number of allylic oxidation sites excluding steroid dienone is 1. The molecule has 0 aromatic carbocycles. The van der Waals surface area contributed by atoms with Gasteiger partial charge in [-0.25, -0.2) is 0 Å². The third-order valence-electron chi connectivity index (χ3n) is 3.69. The Kier molecular flexibility index (Phi) is 3.84. The second kappa shape index (κ2) is 5.40. The molecule has 0 radical (unpaired) electrons. The molecule has 1 saturated heterocycles. The molecule has 2 atom stereocenters. The summed E-state index contributed by atoms with van der Waals surface area (Å²) in [5, 5.41) is 9.21. The molecule has 0 bridgehead atoms. The van der Waals surface area contributed by atoms with Crippen LogP contribution in [0.3, 0.4) is 0 Å². The highest BCUT2D eigenvalue weighted by molar-refractivity contribution is 5.68. The number of nitriles is 1. The van der Waals surface area contributed by atoms with E-state index in [-0.39, 0.29) is 0 Å². The lowest BCUT2D eigenvalue weighted by molar-refractivity contribution is 0.353. The van der Waals surface area contributed by atoms with Crippen molar-refractivity contribution < 1.29 is 0 Å². The van der Waals surface area contributed by atoms with E-state index in [0.717, 1.165) is 18.9 Å². The number of hydrogen-bond donors (Lipinski definition) is 1. The Morgan fingerprint density at radius 3 is 2.63 bits per heavy atom. The monoisotopic (exact) mass is 258 g/mol. The van der Waals surface area contributed by atoms with Crippen molar-refractivity contribution in [3.63, 3.8) is 0 Å². The Morgan fingerprint density at radius 1 is 1.47 bits per heavy atom. The van der Waals surface area contributed by atoms with Gasteiger partial charge in [0.2, 0.25) is 0 Å². The second-order valence-corrected chi connectivity index (χ2v) is 5.67. The Labute approximate surface area is 115 Å². The fourth-order valence-corrected chi connectivity index (χ4v) is 3.16. The van der Waals surface area contributed by atoms with Gasteiger partial charge >= 0.3 is 0 Å². The van der Waals surface area contributed by atoms with E-state index in [1.807, 2.05) is 4.57 Å². The highest BCUT2D eigenvalue weighted by Gasteiger charge is 2.26. The molecule has 2 heterocycles. The maximum atomic E-state index is 9.21. The van der Waals surface area contributed by atoms with Crippen molar-refractivity contribution in [2.75, 3.05) is 23.7 Å². The minimum absolute atomic E-state index is 0.610. The van der Waals surface area contributed by atoms with Gasteiger partial charge in [0.05, 0.1) is 5.69 Å². The lowest BCUT2D eigenvalue weighted by atomic mass is 9.92. The first-order chi connectivity index (χ1) is 9.06. The topological polar surface area (TPSA) is 58.0 Å². The number of rotatable bonds is 3. The summed E-state index contributed by atoms with van der Waals surface area (Å²) in [6, 6.07) is 3.98. The van der Waals surface area contributed by atoms with Gasteiger partial charge < -0.3 is 15.2 Å². The molecule has 4 heteroatoms. The summed E-state index contributed by atoms with van der Waals surface area (Å²) in [4.78, 5) is 2.32. The van der Waals surface area contributed by atoms with Crippen LogP contribution in [0, 0.1) is 23.2 Å². The third kappa shape index (κ3) is 2.60. The largest absolute Gasteiger partial charge is 0.396 e. The van der Waals surface area contributed by atoms with Gasteiger partial charge in [-0.1, -0.05) is 19.9 Å². The predicted molar refractivity (Wildman–Crippen MR) is 78.9 cm³/mol. The molecule has 1 aromatic heterocycles. The number of nitrogen functional groups attached to an aromatic ring is 1. The third-order valence-corrected chi connectivity index (χ3v) is 3.69. The number of hydrogen-bond acceptors (Lipinski definition) is 3. The summed E-state index contributed by atoms with van der Waals surface area (Å²) in [5.41, 5.74) is 7.43. The van der Waals surface area contributed by atoms with Gasteiger partial charge in [0.15, 0.2) is 0 Å². The SMILES string of the molecule is C=CCn1c(C#N)cc(N)c1N1C[C@H](C)C[C@H](C)C1. The molecule has 1 aromatic rings. The number of nitrogens with two attached hydrogens (primary N) is 1. The van der Waals surface area contributed by atoms with Gasteiger partial charge in [0.1, 0.15) is 17.6 Å². The van der Waals surface area contributed by atoms with E-state index < -0.39 is 0 Å². The zero-order chi connectivity index (χ0) is 14.0. The van der Waals surface area contributed by atoms with Crippen molar-refractivity contribution in [2.45, 2.75) is 26.8 Å². The van der Waals surface area contributed by atoms with Crippen LogP contribution in [0.15, 0.2) is 18.7 Å². The van der Waals surface area contributed by atoms with Crippen LogP contribution in [-0.4, -0.2) is 17.7 Å². The molecule has 2 rings (SSSR count). The fourth-order valence-electron chi connectivity index (χ4n) is 3.16. The predicted octanol–water partition coefficient (Wildman–Crippen LogP) is 2.61. The van der Waals surface area contributed by atoms with Gasteiger partial charge in [-0.05, 0) is 24.3 Å². The van der Waals surface area contributed by atoms with E-state index in [4.69, 9.17) is 5.73 Å². The molecule has 0 unspecified atom stereocenters. The zero-order valence-electron chi connectivity index (χ0n) is 11.8. The van der Waals surface area contributed by atoms with Crippen LogP contribution < -0.4 is 10.6 Å². The standard InChI is InChI=1S/C15H22N4/c1-4-5-19-13(8-16)7-14(17)15(19)18-9-11(2)6-12(3)10-18/h4,7,11-12H,1,5-6,9-10,17H2,2-3H3/t11-,12+. The van der Waals surface area contributed by atoms with Crippen molar-refractivity contribution in [3.8, 4) is 6.07 Å². The highest BCUT2D eigenvalue weighted by Crippen LogP contribution is 2.32. The van der Waals surface area contributed by atoms with Crippen LogP contribution in [0.25, 0.3) is 0 Å². The Balaban J connectivity index is 2.40. The lowest BCUT2D eigenvalue weighted by Gasteiger charge is -2.37. The number of piperidine rings is 1. The molecule has 2 N–H and O–H groups in total. The van der Waals surface area contributed by atoms with E-state index in [2.05, 4.69) is 31.4 Å². The molecule has 0 saturated carbocycles. The average Bonchev–Trinajstić information content (AvgIpc) is 2.65. The Hall–Kier alpha value is -1.89. The smallest absolute Gasteiger partial charge is 0.133 e. The van der Waals surface area contributed by atoms with Crippen molar-refractivity contribution in [3.05, 3.63) is 24.4 Å². The fraction of sp³-hybridized carbons (Fsp3) is 0.533. The summed E-state index contributed by atoms with van der Waals surface area (Å²) < 4.78 is 1.97. The normalized spacial score (nSPS) is 23.1. The summed E-state index contributed by atoms with van der Waals surface area (Å²) in [7, 11) is 0. The number of aromatic nitrogens is 1. The molecule has 1 aliphatic heterocycles. The van der Waals surface area contributed by atoms with Crippen molar-refractivity contribution in [2.24, 2.45) is 11.8 Å². The number of nitrogens with zero attached hydrogens (tertiary/aromatic N) is 3. The quantitative estimate of drug-likeness (QED) is 0.848. The number of anilines is 2. The van der Waals surface area contributed by atoms with E-state index in [1.165, 1.54) is 6.42 Å². The van der Waals surface area contributed by atoms with Crippen molar-refractivity contribution in [1.29, 1.82) is 5.26 Å². The summed E-state index contributed by atoms with van der Waals surface area (Å²) in [5.74, 6) is 2.29. The molecule has 1 fully saturated rings. The minimum Gasteiger partial charge on any atom is -0.396 e. The molecular formula is C15H22N4. The summed E-state index contributed by atoms with van der Waals surface area (Å²) >= 11 is 0. The van der Waals surface area contributed by atoms with Crippen LogP contribution in [0.1, 0.15) is 26.0 Å². The van der Waals surface area contributed by atoms with Gasteiger partial charge in [0, 0.05) is 19.6 Å². The Bertz CT molecular complexity index is 499. The van der Waals surface area contributed by atoms with Gasteiger partial charge in [-0.3, -0.25) is 0 Å². The van der Waals surface area contributed by atoms with E-state index in [9.17, 15) is 5.26 Å². The zero-order valence-corrected chi connectivity index (χ0v) is 11.8. The van der Waals surface area contributed by atoms with Crippen LogP contribution in [0.5, 0.6) is 0 Å². The van der Waals surface area contributed by atoms with E-state index in [1.54, 1.807) is 12.1 Å². The van der Waals surface area contributed by atoms with Crippen LogP contribution in [-0.2, 0) is 6.54 Å². The van der Waals surface area contributed by atoms with E-state index >= 15 is 0 Å². The van der Waals surface area contributed by atoms with E-state index in [0.29, 0.717) is 29.8 Å². The molecule has 4 nitrogen and oxygen atoms in total. The van der Waals surface area contributed by atoms with Crippen LogP contribution >= 0.6 is 0 Å². The lowest BCUT2D eigenvalue weighted by Crippen LogP contribution is -2.40. The maximum absolute atomic E-state index is 9.21. The second-order valence-electron chi connectivity index (χ2n) is 5.67. The Morgan fingerprint density at radius 2 is 2.11 bits per heavy atom. The molecule has 0 aliphatic carbocycles. The molecule has 0 amide bonds. The molecule has 19 heavy (non-hydrogen) atoms. The van der Waals surface area contributed by atoms with Gasteiger partial charge in [-0.15, -0.1) is 6.58 Å². The van der Waals surface area contributed by atoms with Crippen LogP contribution in [0.2, 0.25) is 0 Å². The first-order valence-electron chi connectivity index (χ1n) is 6.81. The van der Waals surface area contributed by atoms with Crippen LogP contribution in [0.4, 0.5) is 11.5 Å². The van der Waals surface area contributed by atoms with Crippen molar-refractivity contribution in [1.82, 2.24) is 4.57 Å². The average molecular weight is 258 g/mol.